The van der Waals surface area contributed by atoms with E-state index < -0.39 is 5.91 Å². The first-order chi connectivity index (χ1) is 8.16. The van der Waals surface area contributed by atoms with Crippen molar-refractivity contribution in [1.82, 2.24) is 4.98 Å². The molecule has 0 aliphatic rings. The molecule has 5 heteroatoms. The summed E-state index contributed by atoms with van der Waals surface area (Å²) in [5.41, 5.74) is 12.2. The van der Waals surface area contributed by atoms with Crippen molar-refractivity contribution < 1.29 is 4.79 Å². The number of amides is 1. The summed E-state index contributed by atoms with van der Waals surface area (Å²) < 4.78 is 0. The molecule has 0 fully saturated rings. The molecular weight excluding hydrogens is 216 g/mol. The third-order valence-electron chi connectivity index (χ3n) is 2.25. The molecule has 2 aromatic rings. The highest BCUT2D eigenvalue weighted by Gasteiger charge is 2.07. The lowest BCUT2D eigenvalue weighted by atomic mass is 10.2. The number of hydrogen-bond donors (Lipinski definition) is 3. The fourth-order valence-electron chi connectivity index (χ4n) is 1.42. The maximum absolute atomic E-state index is 11.1. The number of carbonyl (C=O) groups excluding carboxylic acids is 1. The van der Waals surface area contributed by atoms with Crippen LogP contribution in [0.5, 0.6) is 0 Å². The molecule has 0 bridgehead atoms. The summed E-state index contributed by atoms with van der Waals surface area (Å²) in [6.45, 7) is 0. The van der Waals surface area contributed by atoms with Crippen molar-refractivity contribution in [3.8, 4) is 0 Å². The summed E-state index contributed by atoms with van der Waals surface area (Å²) in [5.74, 6) is -0.0415. The Bertz CT molecular complexity index is 539. The summed E-state index contributed by atoms with van der Waals surface area (Å²) in [7, 11) is 0. The predicted octanol–water partition coefficient (Wildman–Crippen LogP) is 1.51. The number of hydrogen-bond acceptors (Lipinski definition) is 4. The largest absolute Gasteiger partial charge is 0.397 e. The molecule has 5 nitrogen and oxygen atoms in total. The van der Waals surface area contributed by atoms with E-state index in [1.165, 1.54) is 12.3 Å². The van der Waals surface area contributed by atoms with Crippen LogP contribution in [0.4, 0.5) is 17.2 Å². The number of nitrogens with two attached hydrogens (primary N) is 2. The van der Waals surface area contributed by atoms with Crippen LogP contribution in [0.15, 0.2) is 42.6 Å². The van der Waals surface area contributed by atoms with Crippen molar-refractivity contribution in [2.45, 2.75) is 0 Å². The van der Waals surface area contributed by atoms with Crippen molar-refractivity contribution >= 4 is 23.1 Å². The van der Waals surface area contributed by atoms with E-state index in [1.807, 2.05) is 30.3 Å². The lowest BCUT2D eigenvalue weighted by molar-refractivity contribution is 0.100. The van der Waals surface area contributed by atoms with Gasteiger partial charge in [-0.15, -0.1) is 0 Å². The Kier molecular flexibility index (Phi) is 2.91. The molecule has 0 aliphatic carbocycles. The number of nitrogens with zero attached hydrogens (tertiary/aromatic N) is 1. The normalized spacial score (nSPS) is 9.88. The average molecular weight is 228 g/mol. The van der Waals surface area contributed by atoms with Gasteiger partial charge in [0.25, 0.3) is 5.91 Å². The third kappa shape index (κ3) is 2.52. The second-order valence-electron chi connectivity index (χ2n) is 3.51. The summed E-state index contributed by atoms with van der Waals surface area (Å²) >= 11 is 0. The standard InChI is InChI=1S/C12H12N4O/c13-10-7-15-11(6-9(10)12(14)17)16-8-4-2-1-3-5-8/h1-7H,13H2,(H2,14,17)(H,15,16). The molecule has 0 saturated carbocycles. The minimum atomic E-state index is -0.569. The van der Waals surface area contributed by atoms with Crippen molar-refractivity contribution in [1.29, 1.82) is 0 Å². The van der Waals surface area contributed by atoms with E-state index in [-0.39, 0.29) is 11.3 Å². The van der Waals surface area contributed by atoms with Gasteiger partial charge in [0.2, 0.25) is 0 Å². The van der Waals surface area contributed by atoms with Crippen molar-refractivity contribution in [2.24, 2.45) is 5.73 Å². The van der Waals surface area contributed by atoms with Gasteiger partial charge in [-0.25, -0.2) is 4.98 Å². The number of primary amides is 1. The number of rotatable bonds is 3. The van der Waals surface area contributed by atoms with Crippen LogP contribution in [0.3, 0.4) is 0 Å². The first-order valence-electron chi connectivity index (χ1n) is 5.04. The second-order valence-corrected chi connectivity index (χ2v) is 3.51. The van der Waals surface area contributed by atoms with Crippen LogP contribution >= 0.6 is 0 Å². The van der Waals surface area contributed by atoms with E-state index in [1.54, 1.807) is 0 Å². The highest BCUT2D eigenvalue weighted by atomic mass is 16.1. The number of benzene rings is 1. The summed E-state index contributed by atoms with van der Waals surface area (Å²) in [6, 6.07) is 11.0. The minimum Gasteiger partial charge on any atom is -0.397 e. The molecule has 0 aliphatic heterocycles. The second kappa shape index (κ2) is 4.52. The zero-order valence-electron chi connectivity index (χ0n) is 9.05. The summed E-state index contributed by atoms with van der Waals surface area (Å²) in [5, 5.41) is 3.05. The zero-order chi connectivity index (χ0) is 12.3. The Morgan fingerprint density at radius 1 is 1.24 bits per heavy atom. The van der Waals surface area contributed by atoms with Crippen LogP contribution in [0.25, 0.3) is 0 Å². The minimum absolute atomic E-state index is 0.262. The van der Waals surface area contributed by atoms with Crippen LogP contribution in [-0.4, -0.2) is 10.9 Å². The van der Waals surface area contributed by atoms with Gasteiger partial charge in [0.05, 0.1) is 17.4 Å². The van der Waals surface area contributed by atoms with Gasteiger partial charge in [-0.3, -0.25) is 4.79 Å². The fourth-order valence-corrected chi connectivity index (χ4v) is 1.42. The van der Waals surface area contributed by atoms with Crippen LogP contribution in [0.1, 0.15) is 10.4 Å². The van der Waals surface area contributed by atoms with Gasteiger partial charge in [0.1, 0.15) is 5.82 Å². The number of nitrogens with one attached hydrogen (secondary N) is 1. The molecular formula is C12H12N4O. The van der Waals surface area contributed by atoms with Crippen LogP contribution < -0.4 is 16.8 Å². The topological polar surface area (TPSA) is 94.0 Å². The smallest absolute Gasteiger partial charge is 0.250 e. The van der Waals surface area contributed by atoms with E-state index in [0.717, 1.165) is 5.69 Å². The van der Waals surface area contributed by atoms with Crippen molar-refractivity contribution in [3.63, 3.8) is 0 Å². The van der Waals surface area contributed by atoms with Gasteiger partial charge in [-0.2, -0.15) is 0 Å². The molecule has 0 unspecified atom stereocenters. The van der Waals surface area contributed by atoms with Gasteiger partial charge in [0, 0.05) is 5.69 Å². The number of nitrogen functional groups attached to an aromatic ring is 1. The molecule has 1 amide bonds. The number of carbonyl (C=O) groups is 1. The van der Waals surface area contributed by atoms with E-state index in [4.69, 9.17) is 11.5 Å². The lowest BCUT2D eigenvalue weighted by Crippen LogP contribution is -2.14. The molecule has 0 spiro atoms. The third-order valence-corrected chi connectivity index (χ3v) is 2.25. The maximum Gasteiger partial charge on any atom is 0.250 e. The molecule has 0 radical (unpaired) electrons. The van der Waals surface area contributed by atoms with Gasteiger partial charge in [0.15, 0.2) is 0 Å². The quantitative estimate of drug-likeness (QED) is 0.742. The maximum atomic E-state index is 11.1. The lowest BCUT2D eigenvalue weighted by Gasteiger charge is -2.07. The molecule has 1 aromatic heterocycles. The number of anilines is 3. The van der Waals surface area contributed by atoms with Crippen molar-refractivity contribution in [3.05, 3.63) is 48.2 Å². The molecule has 17 heavy (non-hydrogen) atoms. The van der Waals surface area contributed by atoms with E-state index >= 15 is 0 Å². The van der Waals surface area contributed by atoms with Crippen LogP contribution in [0.2, 0.25) is 0 Å². The van der Waals surface area contributed by atoms with Crippen LogP contribution in [0, 0.1) is 0 Å². The van der Waals surface area contributed by atoms with Gasteiger partial charge >= 0.3 is 0 Å². The van der Waals surface area contributed by atoms with Gasteiger partial charge in [-0.1, -0.05) is 18.2 Å². The SMILES string of the molecule is NC(=O)c1cc(Nc2ccccc2)ncc1N. The predicted molar refractivity (Wildman–Crippen MR) is 66.9 cm³/mol. The van der Waals surface area contributed by atoms with Crippen molar-refractivity contribution in [2.75, 3.05) is 11.1 Å². The Balaban J connectivity index is 2.29. The average Bonchev–Trinajstić information content (AvgIpc) is 2.32. The number of aromatic nitrogens is 1. The zero-order valence-corrected chi connectivity index (χ0v) is 9.05. The van der Waals surface area contributed by atoms with E-state index in [2.05, 4.69) is 10.3 Å². The highest BCUT2D eigenvalue weighted by molar-refractivity contribution is 5.98. The summed E-state index contributed by atoms with van der Waals surface area (Å²) in [6.07, 6.45) is 1.41. The Labute approximate surface area is 98.5 Å². The summed E-state index contributed by atoms with van der Waals surface area (Å²) in [4.78, 5) is 15.2. The monoisotopic (exact) mass is 228 g/mol. The van der Waals surface area contributed by atoms with Gasteiger partial charge in [-0.05, 0) is 18.2 Å². The number of para-hydroxylation sites is 1. The van der Waals surface area contributed by atoms with Crippen LogP contribution in [-0.2, 0) is 0 Å². The Morgan fingerprint density at radius 3 is 2.59 bits per heavy atom. The highest BCUT2D eigenvalue weighted by Crippen LogP contribution is 2.18. The fraction of sp³-hybridized carbons (Fsp3) is 0. The molecule has 0 atom stereocenters. The molecule has 2 rings (SSSR count). The molecule has 1 heterocycles. The first-order valence-corrected chi connectivity index (χ1v) is 5.04. The Hall–Kier alpha value is -2.56. The Morgan fingerprint density at radius 2 is 1.94 bits per heavy atom. The van der Waals surface area contributed by atoms with E-state index in [9.17, 15) is 4.79 Å². The van der Waals surface area contributed by atoms with E-state index in [0.29, 0.717) is 5.82 Å². The molecule has 86 valence electrons. The van der Waals surface area contributed by atoms with Gasteiger partial charge < -0.3 is 16.8 Å². The first kappa shape index (κ1) is 10.9. The molecule has 5 N–H and O–H groups in total. The molecule has 1 aromatic carbocycles. The molecule has 0 saturated heterocycles. The number of pyridine rings is 1.